The smallest absolute Gasteiger partial charge is 0.410 e. The Morgan fingerprint density at radius 3 is 2.19 bits per heavy atom. The number of hydrogen-bond donors (Lipinski definition) is 1. The molecule has 2 aliphatic rings. The minimum Gasteiger partial charge on any atom is -0.444 e. The van der Waals surface area contributed by atoms with Gasteiger partial charge in [0.25, 0.3) is 0 Å². The SMILES string of the molecule is CC(C)(C)OC(=O)N1C[C@H]2C[C@H](N)C[C@H]2C1. The predicted octanol–water partition coefficient (Wildman–Crippen LogP) is 1.59. The van der Waals surface area contributed by atoms with Crippen molar-refractivity contribution in [2.75, 3.05) is 13.1 Å². The first-order valence-electron chi connectivity index (χ1n) is 6.08. The molecule has 0 aromatic heterocycles. The van der Waals surface area contributed by atoms with E-state index >= 15 is 0 Å². The molecule has 2 rings (SSSR count). The zero-order valence-corrected chi connectivity index (χ0v) is 10.4. The molecule has 1 aliphatic carbocycles. The highest BCUT2D eigenvalue weighted by molar-refractivity contribution is 5.68. The monoisotopic (exact) mass is 226 g/mol. The van der Waals surface area contributed by atoms with Crippen LogP contribution >= 0.6 is 0 Å². The topological polar surface area (TPSA) is 55.6 Å². The minimum absolute atomic E-state index is 0.171. The number of rotatable bonds is 0. The standard InChI is InChI=1S/C12H22N2O2/c1-12(2,3)16-11(15)14-6-8-4-10(13)5-9(8)7-14/h8-10H,4-7,13H2,1-3H3/t8-,9+,10+. The van der Waals surface area contributed by atoms with Gasteiger partial charge in [0.1, 0.15) is 5.60 Å². The van der Waals surface area contributed by atoms with Crippen molar-refractivity contribution < 1.29 is 9.53 Å². The van der Waals surface area contributed by atoms with Crippen LogP contribution in [0, 0.1) is 11.8 Å². The minimum atomic E-state index is -0.398. The van der Waals surface area contributed by atoms with Gasteiger partial charge in [-0.15, -0.1) is 0 Å². The number of nitrogens with zero attached hydrogens (tertiary/aromatic N) is 1. The van der Waals surface area contributed by atoms with E-state index in [4.69, 9.17) is 10.5 Å². The lowest BCUT2D eigenvalue weighted by atomic mass is 10.0. The summed E-state index contributed by atoms with van der Waals surface area (Å²) in [7, 11) is 0. The first kappa shape index (κ1) is 11.7. The second-order valence-corrected chi connectivity index (χ2v) is 6.14. The maximum absolute atomic E-state index is 11.8. The molecular formula is C12H22N2O2. The van der Waals surface area contributed by atoms with Crippen LogP contribution in [0.3, 0.4) is 0 Å². The van der Waals surface area contributed by atoms with E-state index in [1.807, 2.05) is 25.7 Å². The van der Waals surface area contributed by atoms with Gasteiger partial charge in [-0.2, -0.15) is 0 Å². The Labute approximate surface area is 97.1 Å². The van der Waals surface area contributed by atoms with E-state index in [0.717, 1.165) is 25.9 Å². The van der Waals surface area contributed by atoms with E-state index in [1.165, 1.54) is 0 Å². The summed E-state index contributed by atoms with van der Waals surface area (Å²) in [5, 5.41) is 0. The fourth-order valence-corrected chi connectivity index (χ4v) is 2.82. The van der Waals surface area contributed by atoms with Gasteiger partial charge in [0.15, 0.2) is 0 Å². The van der Waals surface area contributed by atoms with Crippen LogP contribution < -0.4 is 5.73 Å². The Morgan fingerprint density at radius 2 is 1.75 bits per heavy atom. The van der Waals surface area contributed by atoms with Gasteiger partial charge in [-0.05, 0) is 45.4 Å². The fraction of sp³-hybridized carbons (Fsp3) is 0.917. The van der Waals surface area contributed by atoms with Crippen LogP contribution in [0.5, 0.6) is 0 Å². The maximum atomic E-state index is 11.8. The number of amides is 1. The molecule has 0 aromatic rings. The third kappa shape index (κ3) is 2.48. The largest absolute Gasteiger partial charge is 0.444 e. The normalized spacial score (nSPS) is 34.0. The van der Waals surface area contributed by atoms with Crippen molar-refractivity contribution in [1.82, 2.24) is 4.90 Å². The van der Waals surface area contributed by atoms with Gasteiger partial charge in [-0.1, -0.05) is 0 Å². The van der Waals surface area contributed by atoms with Crippen molar-refractivity contribution in [2.24, 2.45) is 17.6 Å². The summed E-state index contributed by atoms with van der Waals surface area (Å²) in [6.45, 7) is 7.35. The van der Waals surface area contributed by atoms with Crippen molar-refractivity contribution >= 4 is 6.09 Å². The van der Waals surface area contributed by atoms with Gasteiger partial charge in [-0.25, -0.2) is 4.79 Å². The lowest BCUT2D eigenvalue weighted by molar-refractivity contribution is 0.0279. The molecular weight excluding hydrogens is 204 g/mol. The molecule has 3 atom stereocenters. The van der Waals surface area contributed by atoms with Crippen molar-refractivity contribution in [3.63, 3.8) is 0 Å². The van der Waals surface area contributed by atoms with Crippen molar-refractivity contribution in [3.05, 3.63) is 0 Å². The average Bonchev–Trinajstić information content (AvgIpc) is 2.56. The fourth-order valence-electron chi connectivity index (χ4n) is 2.82. The van der Waals surface area contributed by atoms with E-state index in [9.17, 15) is 4.79 Å². The van der Waals surface area contributed by atoms with E-state index in [1.54, 1.807) is 0 Å². The van der Waals surface area contributed by atoms with Gasteiger partial charge in [-0.3, -0.25) is 0 Å². The van der Waals surface area contributed by atoms with Crippen LogP contribution in [0.15, 0.2) is 0 Å². The molecule has 0 unspecified atom stereocenters. The molecule has 16 heavy (non-hydrogen) atoms. The van der Waals surface area contributed by atoms with E-state index in [-0.39, 0.29) is 6.09 Å². The van der Waals surface area contributed by atoms with Crippen LogP contribution in [-0.4, -0.2) is 35.7 Å². The molecule has 2 N–H and O–H groups in total. The highest BCUT2D eigenvalue weighted by Crippen LogP contribution is 2.37. The molecule has 92 valence electrons. The Morgan fingerprint density at radius 1 is 1.25 bits per heavy atom. The van der Waals surface area contributed by atoms with E-state index < -0.39 is 5.60 Å². The molecule has 1 saturated heterocycles. The van der Waals surface area contributed by atoms with Gasteiger partial charge < -0.3 is 15.4 Å². The van der Waals surface area contributed by atoms with Crippen LogP contribution in [-0.2, 0) is 4.74 Å². The average molecular weight is 226 g/mol. The lowest BCUT2D eigenvalue weighted by Gasteiger charge is -2.25. The Kier molecular flexibility index (Phi) is 2.86. The maximum Gasteiger partial charge on any atom is 0.410 e. The Hall–Kier alpha value is -0.770. The lowest BCUT2D eigenvalue weighted by Crippen LogP contribution is -2.36. The Balaban J connectivity index is 1.88. The van der Waals surface area contributed by atoms with Crippen molar-refractivity contribution in [2.45, 2.75) is 45.3 Å². The quantitative estimate of drug-likeness (QED) is 0.682. The van der Waals surface area contributed by atoms with Crippen LogP contribution in [0.4, 0.5) is 4.79 Å². The number of fused-ring (bicyclic) bond motifs is 1. The summed E-state index contributed by atoms with van der Waals surface area (Å²) in [6, 6.07) is 0.343. The zero-order valence-electron chi connectivity index (χ0n) is 10.4. The zero-order chi connectivity index (χ0) is 11.9. The molecule has 1 aliphatic heterocycles. The Bertz CT molecular complexity index is 271. The van der Waals surface area contributed by atoms with Gasteiger partial charge in [0.2, 0.25) is 0 Å². The number of ether oxygens (including phenoxy) is 1. The molecule has 4 heteroatoms. The number of hydrogen-bond acceptors (Lipinski definition) is 3. The highest BCUT2D eigenvalue weighted by Gasteiger charge is 2.42. The van der Waals surface area contributed by atoms with Crippen molar-refractivity contribution in [1.29, 1.82) is 0 Å². The molecule has 0 spiro atoms. The summed E-state index contributed by atoms with van der Waals surface area (Å²) < 4.78 is 5.37. The molecule has 1 amide bonds. The van der Waals surface area contributed by atoms with E-state index in [0.29, 0.717) is 17.9 Å². The first-order valence-corrected chi connectivity index (χ1v) is 6.08. The molecule has 4 nitrogen and oxygen atoms in total. The first-order chi connectivity index (χ1) is 7.35. The summed E-state index contributed by atoms with van der Waals surface area (Å²) in [6.07, 6.45) is 1.95. The van der Waals surface area contributed by atoms with Gasteiger partial charge in [0, 0.05) is 19.1 Å². The third-order valence-electron chi connectivity index (χ3n) is 3.44. The van der Waals surface area contributed by atoms with E-state index in [2.05, 4.69) is 0 Å². The van der Waals surface area contributed by atoms with Crippen LogP contribution in [0.25, 0.3) is 0 Å². The predicted molar refractivity (Wildman–Crippen MR) is 62.0 cm³/mol. The molecule has 2 fully saturated rings. The molecule has 1 heterocycles. The summed E-state index contributed by atoms with van der Waals surface area (Å²) in [5.41, 5.74) is 5.52. The van der Waals surface area contributed by atoms with Crippen LogP contribution in [0.2, 0.25) is 0 Å². The number of likely N-dealkylation sites (tertiary alicyclic amines) is 1. The number of carbonyl (C=O) groups excluding carboxylic acids is 1. The van der Waals surface area contributed by atoms with Crippen molar-refractivity contribution in [3.8, 4) is 0 Å². The highest BCUT2D eigenvalue weighted by atomic mass is 16.6. The number of nitrogens with two attached hydrogens (primary N) is 1. The summed E-state index contributed by atoms with van der Waals surface area (Å²) in [4.78, 5) is 13.7. The second kappa shape index (κ2) is 3.91. The van der Waals surface area contributed by atoms with Crippen LogP contribution in [0.1, 0.15) is 33.6 Å². The van der Waals surface area contributed by atoms with Gasteiger partial charge >= 0.3 is 6.09 Å². The molecule has 1 saturated carbocycles. The summed E-state index contributed by atoms with van der Waals surface area (Å²) >= 11 is 0. The molecule has 0 aromatic carbocycles. The molecule has 0 bridgehead atoms. The second-order valence-electron chi connectivity index (χ2n) is 6.14. The summed E-state index contributed by atoms with van der Waals surface area (Å²) in [5.74, 6) is 1.20. The number of carbonyl (C=O) groups is 1. The molecule has 0 radical (unpaired) electrons. The van der Waals surface area contributed by atoms with Gasteiger partial charge in [0.05, 0.1) is 0 Å². The third-order valence-corrected chi connectivity index (χ3v) is 3.44.